The number of carbonyl (C=O) groups excluding carboxylic acids is 3. The number of aromatic nitrogens is 3. The fourth-order valence-corrected chi connectivity index (χ4v) is 7.75. The molecule has 18 nitrogen and oxygen atoms in total. The predicted molar refractivity (Wildman–Crippen MR) is 170 cm³/mol. The SMILES string of the molecule is CO/N=C(\C(=O)NC1C(=O)N2C(C(=O)O)=C(C[n+]3cccc(-c4csc(SCC(N)=O)n4)c3)CSC12)c1csc(N)n1.O=S(=O)([O-])O. The fraction of sp³-hybridized carbons (Fsp3) is 0.250. The fourth-order valence-electron chi connectivity index (χ4n) is 4.29. The summed E-state index contributed by atoms with van der Waals surface area (Å²) in [4.78, 5) is 64.1. The van der Waals surface area contributed by atoms with Crippen LogP contribution in [0.15, 0.2) is 56.1 Å². The third-order valence-electron chi connectivity index (χ3n) is 6.05. The standard InChI is InChI=1S/C24H22N8O6S4.H2O4S/c1-38-30-16(14-9-40-23(26)27-14)19(34)29-17-20(35)32-18(22(36)37)12(7-39-21(17)32)6-31-4-2-3-11(5-31)13-8-41-24(28-13)42-10-15(25)33;1-5(2,3)4/h2-5,8-9,17,21H,6-7,10H2,1H3,(H5-,25,26,27,29,33,34,36,37);(H2,1,2,3,4)/b30-16-;. The molecule has 23 heteroatoms. The summed E-state index contributed by atoms with van der Waals surface area (Å²) in [5.74, 6) is -2.45. The van der Waals surface area contributed by atoms with Crippen LogP contribution in [0.4, 0.5) is 5.13 Å². The summed E-state index contributed by atoms with van der Waals surface area (Å²) < 4.78 is 35.4. The Morgan fingerprint density at radius 1 is 1.30 bits per heavy atom. The number of rotatable bonds is 11. The number of thioether (sulfide) groups is 2. The zero-order chi connectivity index (χ0) is 34.5. The molecule has 1 fully saturated rings. The van der Waals surface area contributed by atoms with E-state index in [0.29, 0.717) is 21.4 Å². The van der Waals surface area contributed by atoms with E-state index < -0.39 is 45.5 Å². The molecular weight excluding hydrogens is 721 g/mol. The van der Waals surface area contributed by atoms with Crippen LogP contribution in [0.2, 0.25) is 0 Å². The molecule has 0 spiro atoms. The first kappa shape index (κ1) is 35.7. The monoisotopic (exact) mass is 744 g/mol. The number of thiazole rings is 2. The number of amides is 3. The predicted octanol–water partition coefficient (Wildman–Crippen LogP) is -0.492. The Morgan fingerprint density at radius 3 is 2.64 bits per heavy atom. The van der Waals surface area contributed by atoms with E-state index in [0.717, 1.165) is 16.9 Å². The molecule has 3 aromatic heterocycles. The quantitative estimate of drug-likeness (QED) is 0.0315. The lowest BCUT2D eigenvalue weighted by Gasteiger charge is -2.49. The molecule has 3 amide bonds. The van der Waals surface area contributed by atoms with E-state index in [-0.39, 0.29) is 34.5 Å². The van der Waals surface area contributed by atoms with Gasteiger partial charge in [0.2, 0.25) is 16.3 Å². The summed E-state index contributed by atoms with van der Waals surface area (Å²) in [6.45, 7) is 0.222. The van der Waals surface area contributed by atoms with E-state index in [4.69, 9.17) is 33.8 Å². The molecule has 7 N–H and O–H groups in total. The summed E-state index contributed by atoms with van der Waals surface area (Å²) in [6, 6.07) is 2.73. The number of nitrogens with one attached hydrogen (secondary N) is 1. The average molecular weight is 745 g/mol. The lowest BCUT2D eigenvalue weighted by Crippen LogP contribution is -2.71. The van der Waals surface area contributed by atoms with Gasteiger partial charge in [0.05, 0.1) is 17.0 Å². The second-order valence-corrected chi connectivity index (χ2v) is 14.2. The number of β-lactam (4-membered cyclic amide) rings is 1. The third kappa shape index (κ3) is 9.24. The number of primary amides is 1. The van der Waals surface area contributed by atoms with Crippen molar-refractivity contribution in [3.05, 3.63) is 52.3 Å². The maximum Gasteiger partial charge on any atom is 0.352 e. The number of anilines is 1. The topological polar surface area (TPSA) is 284 Å². The summed E-state index contributed by atoms with van der Waals surface area (Å²) in [7, 11) is -3.64. The number of nitrogens with zero attached hydrogens (tertiary/aromatic N) is 5. The van der Waals surface area contributed by atoms with Gasteiger partial charge in [0.25, 0.3) is 11.8 Å². The molecule has 2 unspecified atom stereocenters. The Kier molecular flexibility index (Phi) is 11.5. The van der Waals surface area contributed by atoms with Crippen molar-refractivity contribution in [2.75, 3.05) is 24.3 Å². The first-order chi connectivity index (χ1) is 22.2. The second-order valence-electron chi connectivity index (χ2n) is 9.26. The van der Waals surface area contributed by atoms with Crippen LogP contribution in [0.3, 0.4) is 0 Å². The summed E-state index contributed by atoms with van der Waals surface area (Å²) >= 11 is 5.13. The van der Waals surface area contributed by atoms with Gasteiger partial charge < -0.3 is 31.3 Å². The number of aliphatic carboxylic acids is 1. The minimum absolute atomic E-state index is 0.107. The van der Waals surface area contributed by atoms with E-state index in [1.54, 1.807) is 6.20 Å². The average Bonchev–Trinajstić information content (AvgIpc) is 3.65. The molecule has 2 aliphatic rings. The molecule has 0 radical (unpaired) electrons. The maximum absolute atomic E-state index is 13.2. The molecule has 1 saturated heterocycles. The van der Waals surface area contributed by atoms with Crippen molar-refractivity contribution in [1.29, 1.82) is 0 Å². The number of oxime groups is 1. The van der Waals surface area contributed by atoms with Gasteiger partial charge in [-0.15, -0.1) is 34.4 Å². The summed E-state index contributed by atoms with van der Waals surface area (Å²) in [6.07, 6.45) is 3.63. The summed E-state index contributed by atoms with van der Waals surface area (Å²) in [5.41, 5.74) is 12.9. The number of nitrogens with two attached hydrogens (primary N) is 2. The highest BCUT2D eigenvalue weighted by atomic mass is 32.3. The van der Waals surface area contributed by atoms with Gasteiger partial charge in [0, 0.05) is 28.2 Å². The number of carbonyl (C=O) groups is 4. The van der Waals surface area contributed by atoms with Crippen LogP contribution in [0.5, 0.6) is 0 Å². The van der Waals surface area contributed by atoms with E-state index >= 15 is 0 Å². The molecule has 3 aromatic rings. The molecule has 5 rings (SSSR count). The van der Waals surface area contributed by atoms with Gasteiger partial charge in [0.15, 0.2) is 34.1 Å². The van der Waals surface area contributed by atoms with Crippen molar-refractivity contribution in [2.45, 2.75) is 22.3 Å². The van der Waals surface area contributed by atoms with Crippen LogP contribution < -0.4 is 21.4 Å². The number of carboxylic acid groups (broad SMARTS) is 1. The first-order valence-electron chi connectivity index (χ1n) is 12.7. The minimum atomic E-state index is -4.92. The van der Waals surface area contributed by atoms with Crippen molar-refractivity contribution in [1.82, 2.24) is 20.2 Å². The van der Waals surface area contributed by atoms with Crippen LogP contribution in [-0.2, 0) is 41.0 Å². The van der Waals surface area contributed by atoms with Crippen molar-refractivity contribution >= 4 is 91.1 Å². The molecule has 250 valence electrons. The lowest BCUT2D eigenvalue weighted by atomic mass is 10.0. The Morgan fingerprint density at radius 2 is 2.02 bits per heavy atom. The van der Waals surface area contributed by atoms with E-state index in [9.17, 15) is 24.3 Å². The zero-order valence-corrected chi connectivity index (χ0v) is 27.9. The smallest absolute Gasteiger partial charge is 0.352 e. The molecule has 47 heavy (non-hydrogen) atoms. The molecule has 2 aliphatic heterocycles. The Labute approximate surface area is 282 Å². The first-order valence-corrected chi connectivity index (χ1v) is 17.9. The Hall–Kier alpha value is -4.13. The molecule has 5 heterocycles. The van der Waals surface area contributed by atoms with E-state index in [1.165, 1.54) is 52.3 Å². The number of carboxylic acids is 1. The molecule has 2 atom stereocenters. The van der Waals surface area contributed by atoms with Crippen LogP contribution in [-0.4, -0.2) is 96.9 Å². The third-order valence-corrected chi connectivity index (χ3v) is 10.1. The van der Waals surface area contributed by atoms with Gasteiger partial charge in [-0.3, -0.25) is 23.8 Å². The van der Waals surface area contributed by atoms with Gasteiger partial charge in [-0.25, -0.2) is 27.7 Å². The van der Waals surface area contributed by atoms with E-state index in [2.05, 4.69) is 20.4 Å². The highest BCUT2D eigenvalue weighted by molar-refractivity contribution is 8.01. The van der Waals surface area contributed by atoms with Gasteiger partial charge >= 0.3 is 5.97 Å². The number of nitrogen functional groups attached to an aromatic ring is 1. The van der Waals surface area contributed by atoms with Crippen LogP contribution in [0, 0.1) is 0 Å². The Bertz CT molecular complexity index is 1870. The highest BCUT2D eigenvalue weighted by Gasteiger charge is 2.54. The second kappa shape index (κ2) is 15.2. The Balaban J connectivity index is 0.000000930. The number of hydrogen-bond acceptors (Lipinski definition) is 16. The molecular formula is C24H24N8O10S5. The molecule has 0 bridgehead atoms. The van der Waals surface area contributed by atoms with Crippen molar-refractivity contribution in [2.24, 2.45) is 10.9 Å². The van der Waals surface area contributed by atoms with Crippen LogP contribution in [0.25, 0.3) is 11.3 Å². The zero-order valence-electron chi connectivity index (χ0n) is 23.8. The van der Waals surface area contributed by atoms with E-state index in [1.807, 2.05) is 28.3 Å². The summed E-state index contributed by atoms with van der Waals surface area (Å²) in [5, 5.41) is 19.5. The molecule has 0 aromatic carbocycles. The number of fused-ring (bicyclic) bond motifs is 1. The van der Waals surface area contributed by atoms with Crippen molar-refractivity contribution < 1.29 is 51.2 Å². The van der Waals surface area contributed by atoms with Crippen LogP contribution >= 0.6 is 46.2 Å². The van der Waals surface area contributed by atoms with Crippen LogP contribution in [0.1, 0.15) is 5.69 Å². The maximum atomic E-state index is 13.2. The minimum Gasteiger partial charge on any atom is -0.726 e. The number of pyridine rings is 1. The van der Waals surface area contributed by atoms with Gasteiger partial charge in [-0.05, 0) is 6.07 Å². The van der Waals surface area contributed by atoms with Crippen molar-refractivity contribution in [3.8, 4) is 11.3 Å². The van der Waals surface area contributed by atoms with Gasteiger partial charge in [0.1, 0.15) is 29.9 Å². The van der Waals surface area contributed by atoms with Crippen molar-refractivity contribution in [3.63, 3.8) is 0 Å². The lowest BCUT2D eigenvalue weighted by molar-refractivity contribution is -0.688. The largest absolute Gasteiger partial charge is 0.726 e. The molecule has 0 saturated carbocycles. The van der Waals surface area contributed by atoms with Gasteiger partial charge in [-0.2, -0.15) is 0 Å². The van der Waals surface area contributed by atoms with Gasteiger partial charge in [-0.1, -0.05) is 16.9 Å². The molecule has 0 aliphatic carbocycles. The number of hydrogen-bond donors (Lipinski definition) is 5. The highest BCUT2D eigenvalue weighted by Crippen LogP contribution is 2.40. The normalized spacial score (nSPS) is 17.6.